The fraction of sp³-hybridized carbons (Fsp3) is 0.462. The van der Waals surface area contributed by atoms with Gasteiger partial charge in [0.05, 0.1) is 0 Å². The summed E-state index contributed by atoms with van der Waals surface area (Å²) in [6, 6.07) is 8.19. The topological polar surface area (TPSA) is 33.6 Å². The number of amidine groups is 1. The molecule has 1 aliphatic rings. The van der Waals surface area contributed by atoms with Gasteiger partial charge in [-0.1, -0.05) is 43.7 Å². The van der Waals surface area contributed by atoms with Crippen LogP contribution in [0, 0.1) is 6.92 Å². The smallest absolute Gasteiger partial charge is 0.182 e. The molecule has 88 valence electrons. The SMILES string of the molecule is CC.Cc1ccc(C2=NC(C)(C)ON2)cc1. The zero-order chi connectivity index (χ0) is 12.2. The van der Waals surface area contributed by atoms with Crippen molar-refractivity contribution in [1.29, 1.82) is 0 Å². The van der Waals surface area contributed by atoms with E-state index in [9.17, 15) is 0 Å². The molecular weight excluding hydrogens is 200 g/mol. The van der Waals surface area contributed by atoms with Crippen LogP contribution in [0.15, 0.2) is 29.3 Å². The zero-order valence-corrected chi connectivity index (χ0v) is 10.7. The molecule has 0 unspecified atom stereocenters. The fourth-order valence-electron chi connectivity index (χ4n) is 1.32. The predicted octanol–water partition coefficient (Wildman–Crippen LogP) is 3.04. The molecule has 1 aromatic carbocycles. The van der Waals surface area contributed by atoms with E-state index in [1.807, 2.05) is 39.8 Å². The zero-order valence-electron chi connectivity index (χ0n) is 10.7. The third-order valence-corrected chi connectivity index (χ3v) is 2.10. The number of aliphatic imine (C=N–C) groups is 1. The highest BCUT2D eigenvalue weighted by Gasteiger charge is 2.25. The molecule has 0 atom stereocenters. The minimum absolute atomic E-state index is 0.458. The number of hydroxylamine groups is 1. The average molecular weight is 220 g/mol. The molecule has 1 aromatic rings. The molecule has 1 aliphatic heterocycles. The number of nitrogens with zero attached hydrogens (tertiary/aromatic N) is 1. The largest absolute Gasteiger partial charge is 0.246 e. The minimum atomic E-state index is -0.458. The molecule has 0 bridgehead atoms. The van der Waals surface area contributed by atoms with Crippen LogP contribution in [0.5, 0.6) is 0 Å². The quantitative estimate of drug-likeness (QED) is 0.789. The molecule has 0 spiro atoms. The molecule has 1 N–H and O–H groups in total. The van der Waals surface area contributed by atoms with Gasteiger partial charge in [-0.2, -0.15) is 0 Å². The van der Waals surface area contributed by atoms with E-state index in [2.05, 4.69) is 29.5 Å². The standard InChI is InChI=1S/C11H14N2O.C2H6/c1-8-4-6-9(7-5-8)10-12-11(2,3)14-13-10;1-2/h4-7H,1-3H3,(H,12,13);1-2H3. The number of rotatable bonds is 1. The van der Waals surface area contributed by atoms with Crippen molar-refractivity contribution in [3.05, 3.63) is 35.4 Å². The van der Waals surface area contributed by atoms with Crippen LogP contribution in [0.4, 0.5) is 0 Å². The summed E-state index contributed by atoms with van der Waals surface area (Å²) in [5, 5.41) is 0. The van der Waals surface area contributed by atoms with Crippen molar-refractivity contribution in [3.8, 4) is 0 Å². The van der Waals surface area contributed by atoms with Gasteiger partial charge in [-0.05, 0) is 20.8 Å². The monoisotopic (exact) mass is 220 g/mol. The molecule has 0 radical (unpaired) electrons. The summed E-state index contributed by atoms with van der Waals surface area (Å²) >= 11 is 0. The van der Waals surface area contributed by atoms with Gasteiger partial charge in [0, 0.05) is 5.56 Å². The lowest BCUT2D eigenvalue weighted by atomic mass is 10.1. The molecule has 0 aliphatic carbocycles. The molecule has 3 heteroatoms. The van der Waals surface area contributed by atoms with Gasteiger partial charge in [0.25, 0.3) is 0 Å². The second-order valence-electron chi connectivity index (χ2n) is 3.98. The first-order valence-electron chi connectivity index (χ1n) is 5.68. The van der Waals surface area contributed by atoms with E-state index in [4.69, 9.17) is 4.84 Å². The van der Waals surface area contributed by atoms with Crippen LogP contribution in [-0.4, -0.2) is 11.6 Å². The number of nitrogens with one attached hydrogen (secondary N) is 1. The van der Waals surface area contributed by atoms with E-state index in [-0.39, 0.29) is 0 Å². The Morgan fingerprint density at radius 3 is 2.12 bits per heavy atom. The molecular formula is C13H20N2O. The summed E-state index contributed by atoms with van der Waals surface area (Å²) in [7, 11) is 0. The van der Waals surface area contributed by atoms with Crippen molar-refractivity contribution >= 4 is 5.84 Å². The van der Waals surface area contributed by atoms with Crippen LogP contribution in [0.25, 0.3) is 0 Å². The van der Waals surface area contributed by atoms with Crippen LogP contribution in [0.3, 0.4) is 0 Å². The van der Waals surface area contributed by atoms with E-state index < -0.39 is 5.72 Å². The van der Waals surface area contributed by atoms with E-state index in [0.29, 0.717) is 0 Å². The van der Waals surface area contributed by atoms with Gasteiger partial charge in [-0.25, -0.2) is 15.3 Å². The van der Waals surface area contributed by atoms with Crippen LogP contribution >= 0.6 is 0 Å². The molecule has 0 saturated carbocycles. The third-order valence-electron chi connectivity index (χ3n) is 2.10. The van der Waals surface area contributed by atoms with Crippen LogP contribution in [-0.2, 0) is 4.84 Å². The molecule has 1 heterocycles. The Labute approximate surface area is 97.5 Å². The normalized spacial score (nSPS) is 16.9. The number of hydrogen-bond donors (Lipinski definition) is 1. The first-order chi connectivity index (χ1) is 7.57. The van der Waals surface area contributed by atoms with Crippen LogP contribution in [0.2, 0.25) is 0 Å². The number of hydrogen-bond acceptors (Lipinski definition) is 3. The van der Waals surface area contributed by atoms with Gasteiger partial charge in [-0.15, -0.1) is 0 Å². The predicted molar refractivity (Wildman–Crippen MR) is 67.4 cm³/mol. The molecule has 3 nitrogen and oxygen atoms in total. The Bertz CT molecular complexity index is 366. The van der Waals surface area contributed by atoms with Gasteiger partial charge < -0.3 is 0 Å². The first kappa shape index (κ1) is 12.7. The van der Waals surface area contributed by atoms with E-state index in [0.717, 1.165) is 11.4 Å². The fourth-order valence-corrected chi connectivity index (χ4v) is 1.32. The Hall–Kier alpha value is -1.35. The Morgan fingerprint density at radius 2 is 1.69 bits per heavy atom. The molecule has 0 aromatic heterocycles. The van der Waals surface area contributed by atoms with Gasteiger partial charge >= 0.3 is 0 Å². The van der Waals surface area contributed by atoms with Crippen molar-refractivity contribution in [2.24, 2.45) is 4.99 Å². The van der Waals surface area contributed by atoms with Crippen molar-refractivity contribution in [2.75, 3.05) is 0 Å². The maximum atomic E-state index is 5.28. The number of aryl methyl sites for hydroxylation is 1. The van der Waals surface area contributed by atoms with Crippen molar-refractivity contribution in [1.82, 2.24) is 5.48 Å². The van der Waals surface area contributed by atoms with Gasteiger partial charge in [-0.3, -0.25) is 0 Å². The summed E-state index contributed by atoms with van der Waals surface area (Å²) < 4.78 is 0. The average Bonchev–Trinajstić information content (AvgIpc) is 2.63. The molecule has 0 saturated heterocycles. The van der Waals surface area contributed by atoms with Gasteiger partial charge in [0.15, 0.2) is 11.6 Å². The molecule has 2 rings (SSSR count). The second kappa shape index (κ2) is 5.12. The van der Waals surface area contributed by atoms with Gasteiger partial charge in [0.1, 0.15) is 0 Å². The third kappa shape index (κ3) is 3.07. The summed E-state index contributed by atoms with van der Waals surface area (Å²) in [6.45, 7) is 9.90. The van der Waals surface area contributed by atoms with E-state index >= 15 is 0 Å². The maximum Gasteiger partial charge on any atom is 0.182 e. The van der Waals surface area contributed by atoms with E-state index in [1.54, 1.807) is 0 Å². The summed E-state index contributed by atoms with van der Waals surface area (Å²) in [4.78, 5) is 9.69. The summed E-state index contributed by atoms with van der Waals surface area (Å²) in [6.07, 6.45) is 0. The lowest BCUT2D eigenvalue weighted by molar-refractivity contribution is -0.0269. The Balaban J connectivity index is 0.000000606. The molecule has 0 amide bonds. The summed E-state index contributed by atoms with van der Waals surface area (Å²) in [5.74, 6) is 0.801. The molecule has 0 fully saturated rings. The Morgan fingerprint density at radius 1 is 1.12 bits per heavy atom. The van der Waals surface area contributed by atoms with E-state index in [1.165, 1.54) is 5.56 Å². The maximum absolute atomic E-state index is 5.28. The highest BCUT2D eigenvalue weighted by atomic mass is 16.7. The Kier molecular flexibility index (Phi) is 4.07. The van der Waals surface area contributed by atoms with Crippen LogP contribution in [0.1, 0.15) is 38.8 Å². The number of benzene rings is 1. The second-order valence-corrected chi connectivity index (χ2v) is 3.98. The highest BCUT2D eigenvalue weighted by molar-refractivity contribution is 5.99. The van der Waals surface area contributed by atoms with Crippen molar-refractivity contribution < 1.29 is 4.84 Å². The van der Waals surface area contributed by atoms with Crippen LogP contribution < -0.4 is 5.48 Å². The van der Waals surface area contributed by atoms with Crippen molar-refractivity contribution in [2.45, 2.75) is 40.3 Å². The summed E-state index contributed by atoms with van der Waals surface area (Å²) in [5.41, 5.74) is 4.67. The first-order valence-corrected chi connectivity index (χ1v) is 5.68. The lowest BCUT2D eigenvalue weighted by Gasteiger charge is -2.09. The van der Waals surface area contributed by atoms with Gasteiger partial charge in [0.2, 0.25) is 0 Å². The molecule has 16 heavy (non-hydrogen) atoms. The lowest BCUT2D eigenvalue weighted by Crippen LogP contribution is -2.23. The minimum Gasteiger partial charge on any atom is -0.246 e. The highest BCUT2D eigenvalue weighted by Crippen LogP contribution is 2.17. The van der Waals surface area contributed by atoms with Crippen molar-refractivity contribution in [3.63, 3.8) is 0 Å².